The van der Waals surface area contributed by atoms with E-state index < -0.39 is 0 Å². The number of ether oxygens (including phenoxy) is 1. The molecule has 6 nitrogen and oxygen atoms in total. The molecule has 1 aliphatic rings. The Bertz CT molecular complexity index is 801. The molecule has 1 fully saturated rings. The van der Waals surface area contributed by atoms with Gasteiger partial charge in [0.05, 0.1) is 12.2 Å². The minimum absolute atomic E-state index is 0. The van der Waals surface area contributed by atoms with Crippen LogP contribution in [-0.4, -0.2) is 43.3 Å². The van der Waals surface area contributed by atoms with Gasteiger partial charge in [0, 0.05) is 39.4 Å². The van der Waals surface area contributed by atoms with Crippen LogP contribution in [0.1, 0.15) is 37.5 Å². The number of hydrogen-bond acceptors (Lipinski definition) is 4. The van der Waals surface area contributed by atoms with Gasteiger partial charge in [-0.25, -0.2) is 4.98 Å². The number of hydrogen-bond donors (Lipinski definition) is 2. The summed E-state index contributed by atoms with van der Waals surface area (Å²) in [6.45, 7) is 9.60. The number of benzene rings is 1. The zero-order valence-corrected chi connectivity index (χ0v) is 20.7. The Morgan fingerprint density at radius 2 is 1.73 bits per heavy atom. The normalized spacial score (nSPS) is 19.2. The standard InChI is InChI=1S/C23H33N5O.HI/c1-5-20-8-6-7-9-21(20)14-27-23(24-4)26-13-19-10-11-22(25-12-19)28-15-17(2)29-18(3)16-28;/h6-12,17-18H,5,13-16H2,1-4H3,(H2,24,26,27);1H. The molecule has 30 heavy (non-hydrogen) atoms. The van der Waals surface area contributed by atoms with Crippen molar-refractivity contribution in [2.24, 2.45) is 4.99 Å². The maximum Gasteiger partial charge on any atom is 0.191 e. The quantitative estimate of drug-likeness (QED) is 0.343. The van der Waals surface area contributed by atoms with Crippen molar-refractivity contribution in [2.45, 2.75) is 52.5 Å². The minimum atomic E-state index is 0. The SMILES string of the molecule is CCc1ccccc1CNC(=NC)NCc1ccc(N2CC(C)OC(C)C2)nc1.I. The lowest BCUT2D eigenvalue weighted by atomic mass is 10.1. The Morgan fingerprint density at radius 1 is 1.07 bits per heavy atom. The van der Waals surface area contributed by atoms with E-state index in [2.05, 4.69) is 82.7 Å². The predicted molar refractivity (Wildman–Crippen MR) is 135 cm³/mol. The summed E-state index contributed by atoms with van der Waals surface area (Å²) in [5.41, 5.74) is 3.79. The van der Waals surface area contributed by atoms with E-state index in [0.29, 0.717) is 6.54 Å². The molecule has 0 radical (unpaired) electrons. The number of morpholine rings is 1. The Labute approximate surface area is 197 Å². The molecule has 0 saturated carbocycles. The number of nitrogens with zero attached hydrogens (tertiary/aromatic N) is 3. The van der Waals surface area contributed by atoms with E-state index in [1.807, 2.05) is 6.20 Å². The predicted octanol–water partition coefficient (Wildman–Crippen LogP) is 3.74. The molecule has 2 unspecified atom stereocenters. The molecule has 3 rings (SSSR count). The molecule has 1 saturated heterocycles. The molecule has 2 atom stereocenters. The number of aryl methyl sites for hydroxylation is 1. The van der Waals surface area contributed by atoms with Crippen molar-refractivity contribution >= 4 is 35.8 Å². The summed E-state index contributed by atoms with van der Waals surface area (Å²) in [6.07, 6.45) is 3.43. The van der Waals surface area contributed by atoms with E-state index in [1.54, 1.807) is 7.05 Å². The summed E-state index contributed by atoms with van der Waals surface area (Å²) < 4.78 is 5.81. The first-order valence-electron chi connectivity index (χ1n) is 10.5. The van der Waals surface area contributed by atoms with Crippen molar-refractivity contribution in [3.63, 3.8) is 0 Å². The number of halogens is 1. The van der Waals surface area contributed by atoms with Crippen LogP contribution in [0, 0.1) is 0 Å². The van der Waals surface area contributed by atoms with Gasteiger partial charge < -0.3 is 20.3 Å². The van der Waals surface area contributed by atoms with Crippen LogP contribution in [0.5, 0.6) is 0 Å². The molecule has 7 heteroatoms. The number of nitrogens with one attached hydrogen (secondary N) is 2. The number of rotatable bonds is 6. The van der Waals surface area contributed by atoms with Crippen molar-refractivity contribution in [2.75, 3.05) is 25.0 Å². The van der Waals surface area contributed by atoms with E-state index in [-0.39, 0.29) is 36.2 Å². The molecule has 0 spiro atoms. The Morgan fingerprint density at radius 3 is 2.33 bits per heavy atom. The summed E-state index contributed by atoms with van der Waals surface area (Å²) in [5.74, 6) is 1.80. The lowest BCUT2D eigenvalue weighted by Gasteiger charge is -2.36. The van der Waals surface area contributed by atoms with Crippen molar-refractivity contribution < 1.29 is 4.74 Å². The highest BCUT2D eigenvalue weighted by atomic mass is 127. The topological polar surface area (TPSA) is 61.8 Å². The van der Waals surface area contributed by atoms with E-state index in [9.17, 15) is 0 Å². The van der Waals surface area contributed by atoms with Crippen molar-refractivity contribution in [3.8, 4) is 0 Å². The van der Waals surface area contributed by atoms with Crippen LogP contribution >= 0.6 is 24.0 Å². The van der Waals surface area contributed by atoms with Crippen LogP contribution in [0.3, 0.4) is 0 Å². The second kappa shape index (κ2) is 12.1. The highest BCUT2D eigenvalue weighted by Crippen LogP contribution is 2.18. The first-order chi connectivity index (χ1) is 14.1. The molecule has 2 heterocycles. The maximum absolute atomic E-state index is 5.81. The molecule has 1 aliphatic heterocycles. The summed E-state index contributed by atoms with van der Waals surface area (Å²) in [4.78, 5) is 11.3. The van der Waals surface area contributed by atoms with Gasteiger partial charge in [-0.05, 0) is 43.0 Å². The fourth-order valence-corrected chi connectivity index (χ4v) is 3.73. The largest absolute Gasteiger partial charge is 0.372 e. The molecule has 0 bridgehead atoms. The van der Waals surface area contributed by atoms with Gasteiger partial charge in [0.2, 0.25) is 0 Å². The first-order valence-corrected chi connectivity index (χ1v) is 10.5. The summed E-state index contributed by atoms with van der Waals surface area (Å²) in [6, 6.07) is 12.7. The van der Waals surface area contributed by atoms with Crippen LogP contribution in [0.2, 0.25) is 0 Å². The molecule has 1 aromatic carbocycles. The van der Waals surface area contributed by atoms with Gasteiger partial charge in [-0.1, -0.05) is 37.3 Å². The van der Waals surface area contributed by atoms with E-state index >= 15 is 0 Å². The fourth-order valence-electron chi connectivity index (χ4n) is 3.73. The maximum atomic E-state index is 5.81. The number of anilines is 1. The van der Waals surface area contributed by atoms with E-state index in [4.69, 9.17) is 4.74 Å². The molecule has 0 amide bonds. The van der Waals surface area contributed by atoms with Crippen molar-refractivity contribution in [1.82, 2.24) is 15.6 Å². The molecule has 1 aromatic heterocycles. The minimum Gasteiger partial charge on any atom is -0.372 e. The zero-order valence-electron chi connectivity index (χ0n) is 18.4. The van der Waals surface area contributed by atoms with Crippen LogP contribution in [-0.2, 0) is 24.2 Å². The summed E-state index contributed by atoms with van der Waals surface area (Å²) in [7, 11) is 1.79. The monoisotopic (exact) mass is 523 g/mol. The molecular weight excluding hydrogens is 489 g/mol. The van der Waals surface area contributed by atoms with Gasteiger partial charge in [-0.15, -0.1) is 24.0 Å². The van der Waals surface area contributed by atoms with Gasteiger partial charge >= 0.3 is 0 Å². The van der Waals surface area contributed by atoms with Gasteiger partial charge in [-0.3, -0.25) is 4.99 Å². The Balaban J connectivity index is 0.00000320. The van der Waals surface area contributed by atoms with Crippen LogP contribution < -0.4 is 15.5 Å². The fraction of sp³-hybridized carbons (Fsp3) is 0.478. The van der Waals surface area contributed by atoms with Crippen LogP contribution in [0.25, 0.3) is 0 Å². The molecule has 2 aromatic rings. The second-order valence-corrected chi connectivity index (χ2v) is 7.59. The molecule has 2 N–H and O–H groups in total. The molecule has 164 valence electrons. The van der Waals surface area contributed by atoms with Crippen molar-refractivity contribution in [1.29, 1.82) is 0 Å². The third kappa shape index (κ3) is 6.84. The second-order valence-electron chi connectivity index (χ2n) is 7.59. The molecule has 0 aliphatic carbocycles. The van der Waals surface area contributed by atoms with Crippen LogP contribution in [0.15, 0.2) is 47.6 Å². The number of aromatic nitrogens is 1. The van der Waals surface area contributed by atoms with Crippen molar-refractivity contribution in [3.05, 3.63) is 59.3 Å². The lowest BCUT2D eigenvalue weighted by Crippen LogP contribution is -2.45. The smallest absolute Gasteiger partial charge is 0.191 e. The summed E-state index contributed by atoms with van der Waals surface area (Å²) >= 11 is 0. The summed E-state index contributed by atoms with van der Waals surface area (Å²) in [5, 5.41) is 6.77. The van der Waals surface area contributed by atoms with E-state index in [0.717, 1.165) is 43.4 Å². The molecular formula is C23H34IN5O. The average Bonchev–Trinajstić information content (AvgIpc) is 2.74. The third-order valence-electron chi connectivity index (χ3n) is 5.18. The third-order valence-corrected chi connectivity index (χ3v) is 5.18. The highest BCUT2D eigenvalue weighted by Gasteiger charge is 2.22. The van der Waals surface area contributed by atoms with Gasteiger partial charge in [0.15, 0.2) is 5.96 Å². The Hall–Kier alpha value is -1.87. The Kier molecular flexibility index (Phi) is 9.84. The van der Waals surface area contributed by atoms with Gasteiger partial charge in [0.25, 0.3) is 0 Å². The lowest BCUT2D eigenvalue weighted by molar-refractivity contribution is -0.00545. The van der Waals surface area contributed by atoms with Gasteiger partial charge in [-0.2, -0.15) is 0 Å². The number of guanidine groups is 1. The number of pyridine rings is 1. The first kappa shape index (κ1) is 24.4. The average molecular weight is 523 g/mol. The van der Waals surface area contributed by atoms with Gasteiger partial charge in [0.1, 0.15) is 5.82 Å². The van der Waals surface area contributed by atoms with Crippen LogP contribution in [0.4, 0.5) is 5.82 Å². The highest BCUT2D eigenvalue weighted by molar-refractivity contribution is 14.0. The zero-order chi connectivity index (χ0) is 20.6. The van der Waals surface area contributed by atoms with E-state index in [1.165, 1.54) is 11.1 Å². The number of aliphatic imine (C=N–C) groups is 1.